The third-order valence-electron chi connectivity index (χ3n) is 7.30. The van der Waals surface area contributed by atoms with Crippen molar-refractivity contribution in [1.82, 2.24) is 0 Å². The topological polar surface area (TPSA) is 0 Å². The SMILES string of the molecule is CC(C)(C)c1[c-]c2c(cc1)-c1ccc(C(C)(C)C)cc1C2.Cl.Cl.Clc1cc[c-]cc1.[C-]1=CC=CC1.[CH2]=[Zr].[c-]1cccc2ccccc12. The fourth-order valence-corrected chi connectivity index (χ4v) is 4.92. The molecule has 0 amide bonds. The molecule has 2 aliphatic carbocycles. The van der Waals surface area contributed by atoms with Gasteiger partial charge in [-0.05, 0) is 28.4 Å². The first kappa shape index (κ1) is 42.5. The molecule has 0 radical (unpaired) electrons. The van der Waals surface area contributed by atoms with E-state index in [1.807, 2.05) is 36.4 Å². The van der Waals surface area contributed by atoms with E-state index in [0.29, 0.717) is 0 Å². The van der Waals surface area contributed by atoms with Crippen LogP contribution in [0.2, 0.25) is 5.02 Å². The molecule has 5 aromatic carbocycles. The molecule has 0 atom stereocenters. The van der Waals surface area contributed by atoms with E-state index >= 15 is 0 Å². The van der Waals surface area contributed by atoms with Crippen LogP contribution >= 0.6 is 36.4 Å². The van der Waals surface area contributed by atoms with Gasteiger partial charge in [0.1, 0.15) is 0 Å². The summed E-state index contributed by atoms with van der Waals surface area (Å²) < 4.78 is 3.34. The summed E-state index contributed by atoms with van der Waals surface area (Å²) in [5.41, 5.74) is 8.70. The fraction of sp³-hybridized carbons (Fsp3) is 0.233. The van der Waals surface area contributed by atoms with Crippen molar-refractivity contribution < 1.29 is 24.2 Å². The Morgan fingerprint density at radius 2 is 1.40 bits per heavy atom. The average Bonchev–Trinajstić information content (AvgIpc) is 3.74. The third-order valence-corrected chi connectivity index (χ3v) is 7.55. The third kappa shape index (κ3) is 13.5. The summed E-state index contributed by atoms with van der Waals surface area (Å²) in [5, 5.41) is 3.20. The number of allylic oxidation sites excluding steroid dienone is 4. The quantitative estimate of drug-likeness (QED) is 0.135. The summed E-state index contributed by atoms with van der Waals surface area (Å²) in [7, 11) is 0. The number of rotatable bonds is 0. The van der Waals surface area contributed by atoms with E-state index in [2.05, 4.69) is 125 Å². The van der Waals surface area contributed by atoms with Crippen LogP contribution in [0.5, 0.6) is 0 Å². The summed E-state index contributed by atoms with van der Waals surface area (Å²) in [5.74, 6) is 0. The van der Waals surface area contributed by atoms with Crippen molar-refractivity contribution in [3.63, 3.8) is 0 Å². The van der Waals surface area contributed by atoms with Gasteiger partial charge in [-0.15, -0.1) is 101 Å². The minimum absolute atomic E-state index is 0. The largest absolute Gasteiger partial charge is 0.147 e. The second kappa shape index (κ2) is 20.7. The Hall–Kier alpha value is -2.54. The average molecular weight is 759 g/mol. The first-order valence-corrected chi connectivity index (χ1v) is 17.4. The molecule has 0 saturated heterocycles. The van der Waals surface area contributed by atoms with Crippen LogP contribution in [-0.4, -0.2) is 4.21 Å². The van der Waals surface area contributed by atoms with Gasteiger partial charge < -0.3 is 0 Å². The van der Waals surface area contributed by atoms with E-state index in [4.69, 9.17) is 11.6 Å². The Morgan fingerprint density at radius 3 is 1.94 bits per heavy atom. The molecule has 0 fully saturated rings. The Labute approximate surface area is 316 Å². The van der Waals surface area contributed by atoms with Crippen LogP contribution in [-0.2, 0) is 41.5 Å². The monoisotopic (exact) mass is 756 g/mol. The first-order valence-electron chi connectivity index (χ1n) is 15.3. The molecule has 0 bridgehead atoms. The Balaban J connectivity index is 0.000000352. The van der Waals surface area contributed by atoms with Gasteiger partial charge in [0.2, 0.25) is 0 Å². The summed E-state index contributed by atoms with van der Waals surface area (Å²) in [4.78, 5) is 0. The molecule has 0 unspecified atom stereocenters. The molecule has 0 N–H and O–H groups in total. The van der Waals surface area contributed by atoms with Gasteiger partial charge in [0, 0.05) is 0 Å². The predicted molar refractivity (Wildman–Crippen MR) is 207 cm³/mol. The zero-order chi connectivity index (χ0) is 32.9. The molecule has 7 rings (SSSR count). The van der Waals surface area contributed by atoms with Gasteiger partial charge >= 0.3 is 28.4 Å². The van der Waals surface area contributed by atoms with Crippen LogP contribution in [0.25, 0.3) is 21.9 Å². The summed E-state index contributed by atoms with van der Waals surface area (Å²) >= 11 is 6.82. The van der Waals surface area contributed by atoms with Gasteiger partial charge in [-0.1, -0.05) is 82.5 Å². The standard InChI is InChI=1S/C21H25.C10H7.C6H4Cl.C5H5.CH2.2ClH.Zr/c1-20(2,3)16-7-9-18-14(12-16)11-15-13-17(21(4,5)6)8-10-19(15)18;1-2-6-10-8-4-3-7-9(10)5-1;7-6-4-2-1-3-5-6;1-2-4-5-3-1;;;;/h7-10,12H,11H2,1-6H3;1-7H;2-5H;1-3H,4H2;1H2;2*1H;/q4*-1;;;;. The smallest absolute Gasteiger partial charge is 0.0801 e. The number of fused-ring (bicyclic) bond motifs is 4. The van der Waals surface area contributed by atoms with E-state index < -0.39 is 0 Å². The predicted octanol–water partition coefficient (Wildman–Crippen LogP) is 12.5. The van der Waals surface area contributed by atoms with Gasteiger partial charge in [0.25, 0.3) is 0 Å². The zero-order valence-electron chi connectivity index (χ0n) is 28.3. The van der Waals surface area contributed by atoms with Crippen molar-refractivity contribution in [2.45, 2.75) is 65.2 Å². The molecular formula is C43H45Cl3Zr-4. The van der Waals surface area contributed by atoms with Crippen molar-refractivity contribution in [3.05, 3.63) is 167 Å². The van der Waals surface area contributed by atoms with Crippen molar-refractivity contribution in [2.24, 2.45) is 0 Å². The normalized spacial score (nSPS) is 11.6. The molecule has 0 aliphatic heterocycles. The number of hydrogen-bond acceptors (Lipinski definition) is 0. The molecule has 0 nitrogen and oxygen atoms in total. The molecule has 0 spiro atoms. The molecule has 5 aromatic rings. The minimum Gasteiger partial charge on any atom is -0.147 e. The van der Waals surface area contributed by atoms with Crippen molar-refractivity contribution in [3.8, 4) is 11.1 Å². The van der Waals surface area contributed by atoms with Gasteiger partial charge in [0.05, 0.1) is 0 Å². The summed E-state index contributed by atoms with van der Waals surface area (Å²) in [6, 6.07) is 42.6. The van der Waals surface area contributed by atoms with Crippen molar-refractivity contribution in [1.29, 1.82) is 0 Å². The number of hydrogen-bond donors (Lipinski definition) is 0. The van der Waals surface area contributed by atoms with Crippen LogP contribution in [0.3, 0.4) is 0 Å². The zero-order valence-corrected chi connectivity index (χ0v) is 33.1. The van der Waals surface area contributed by atoms with E-state index in [0.717, 1.165) is 17.9 Å². The Morgan fingerprint density at radius 1 is 0.745 bits per heavy atom. The van der Waals surface area contributed by atoms with E-state index in [1.54, 1.807) is 24.3 Å². The van der Waals surface area contributed by atoms with Crippen LogP contribution < -0.4 is 0 Å². The maximum absolute atomic E-state index is 5.52. The molecule has 246 valence electrons. The van der Waals surface area contributed by atoms with Crippen LogP contribution in [0, 0.1) is 24.3 Å². The van der Waals surface area contributed by atoms with Gasteiger partial charge in [-0.2, -0.15) is 60.2 Å². The second-order valence-electron chi connectivity index (χ2n) is 12.8. The number of benzene rings is 5. The van der Waals surface area contributed by atoms with Crippen LogP contribution in [0.4, 0.5) is 0 Å². The molecule has 0 saturated carbocycles. The maximum atomic E-state index is 5.52. The van der Waals surface area contributed by atoms with Gasteiger partial charge in [0.15, 0.2) is 0 Å². The number of halogens is 3. The van der Waals surface area contributed by atoms with E-state index in [9.17, 15) is 0 Å². The summed E-state index contributed by atoms with van der Waals surface area (Å²) in [6.07, 6.45) is 11.0. The second-order valence-corrected chi connectivity index (χ2v) is 13.2. The van der Waals surface area contributed by atoms with Crippen molar-refractivity contribution >= 4 is 51.4 Å². The Kier molecular flexibility index (Phi) is 18.8. The molecule has 2 aliphatic rings. The van der Waals surface area contributed by atoms with Gasteiger partial charge in [-0.25, -0.2) is 12.2 Å². The summed E-state index contributed by atoms with van der Waals surface area (Å²) in [6.45, 7) is 13.6. The van der Waals surface area contributed by atoms with E-state index in [1.165, 1.54) is 68.4 Å². The van der Waals surface area contributed by atoms with Crippen LogP contribution in [0.15, 0.2) is 115 Å². The molecular weight excluding hydrogens is 714 g/mol. The molecule has 0 heterocycles. The van der Waals surface area contributed by atoms with E-state index in [-0.39, 0.29) is 35.6 Å². The Bertz CT molecular complexity index is 1570. The minimum atomic E-state index is 0. The molecule has 47 heavy (non-hydrogen) atoms. The fourth-order valence-electron chi connectivity index (χ4n) is 4.80. The first-order chi connectivity index (χ1) is 21.5. The van der Waals surface area contributed by atoms with Crippen molar-refractivity contribution in [2.75, 3.05) is 0 Å². The van der Waals surface area contributed by atoms with Crippen LogP contribution in [0.1, 0.15) is 70.2 Å². The molecule has 0 aromatic heterocycles. The van der Waals surface area contributed by atoms with Gasteiger partial charge in [-0.3, -0.25) is 6.08 Å². The maximum Gasteiger partial charge on any atom is -0.0801 e. The molecule has 4 heteroatoms.